The van der Waals surface area contributed by atoms with Gasteiger partial charge in [-0.1, -0.05) is 53.8 Å². The minimum absolute atomic E-state index is 0.0571. The third-order valence-electron chi connectivity index (χ3n) is 3.22. The van der Waals surface area contributed by atoms with Crippen LogP contribution in [0.4, 0.5) is 4.79 Å². The van der Waals surface area contributed by atoms with Gasteiger partial charge in [0.1, 0.15) is 17.4 Å². The zero-order chi connectivity index (χ0) is 17.6. The number of rotatable bonds is 3. The third-order valence-corrected chi connectivity index (χ3v) is 3.66. The van der Waals surface area contributed by atoms with Gasteiger partial charge < -0.3 is 15.0 Å². The van der Waals surface area contributed by atoms with Gasteiger partial charge in [0, 0.05) is 6.20 Å². The van der Waals surface area contributed by atoms with E-state index in [1.165, 1.54) is 0 Å². The predicted octanol–water partition coefficient (Wildman–Crippen LogP) is 3.54. The number of H-pyrrole nitrogens is 1. The van der Waals surface area contributed by atoms with Gasteiger partial charge in [-0.15, -0.1) is 0 Å². The fourth-order valence-electron chi connectivity index (χ4n) is 2.09. The van der Waals surface area contributed by atoms with Crippen molar-refractivity contribution in [3.05, 3.63) is 58.1 Å². The number of halogens is 2. The topological polar surface area (TPSA) is 79.9 Å². The Bertz CT molecular complexity index is 961. The number of aromatic nitrogens is 3. The number of benzene rings is 1. The number of hydrogen-bond acceptors (Lipinski definition) is 4. The Balaban J connectivity index is 1.55. The molecule has 0 aliphatic rings. The van der Waals surface area contributed by atoms with Gasteiger partial charge in [0.25, 0.3) is 0 Å². The van der Waals surface area contributed by atoms with Gasteiger partial charge in [-0.2, -0.15) is 4.98 Å². The van der Waals surface area contributed by atoms with E-state index < -0.39 is 6.09 Å². The van der Waals surface area contributed by atoms with E-state index in [-0.39, 0.29) is 23.6 Å². The number of nitrogens with one attached hydrogen (secondary N) is 2. The van der Waals surface area contributed by atoms with Crippen LogP contribution in [0.1, 0.15) is 11.1 Å². The molecule has 0 saturated carbocycles. The summed E-state index contributed by atoms with van der Waals surface area (Å²) in [5.41, 5.74) is 2.04. The minimum Gasteiger partial charge on any atom is -0.445 e. The van der Waals surface area contributed by atoms with Crippen molar-refractivity contribution in [2.75, 3.05) is 6.54 Å². The first-order chi connectivity index (χ1) is 12.1. The molecule has 2 aromatic heterocycles. The van der Waals surface area contributed by atoms with Crippen molar-refractivity contribution in [2.45, 2.75) is 6.61 Å². The third kappa shape index (κ3) is 4.41. The maximum atomic E-state index is 11.6. The molecule has 1 aromatic carbocycles. The molecule has 1 amide bonds. The summed E-state index contributed by atoms with van der Waals surface area (Å²) in [6, 6.07) is 9.41. The van der Waals surface area contributed by atoms with Crippen LogP contribution in [-0.2, 0) is 11.3 Å². The Morgan fingerprint density at radius 1 is 1.24 bits per heavy atom. The summed E-state index contributed by atoms with van der Waals surface area (Å²) in [7, 11) is 0. The van der Waals surface area contributed by atoms with Gasteiger partial charge in [0.05, 0.1) is 17.5 Å². The highest BCUT2D eigenvalue weighted by Crippen LogP contribution is 2.24. The largest absolute Gasteiger partial charge is 0.445 e. The maximum Gasteiger partial charge on any atom is 0.408 e. The summed E-state index contributed by atoms with van der Waals surface area (Å²) >= 11 is 11.8. The average Bonchev–Trinajstić information content (AvgIpc) is 3.01. The van der Waals surface area contributed by atoms with Gasteiger partial charge >= 0.3 is 6.09 Å². The molecule has 0 spiro atoms. The van der Waals surface area contributed by atoms with Crippen molar-refractivity contribution in [1.29, 1.82) is 0 Å². The molecule has 25 heavy (non-hydrogen) atoms. The average molecular weight is 375 g/mol. The quantitative estimate of drug-likeness (QED) is 0.417. The number of aromatic amines is 1. The van der Waals surface area contributed by atoms with Crippen molar-refractivity contribution in [2.24, 2.45) is 0 Å². The molecule has 2 N–H and O–H groups in total. The van der Waals surface area contributed by atoms with E-state index in [0.717, 1.165) is 5.56 Å². The number of alkyl carbamates (subject to hydrolysis) is 1. The Morgan fingerprint density at radius 2 is 2.04 bits per heavy atom. The molecule has 0 aliphatic carbocycles. The van der Waals surface area contributed by atoms with Crippen LogP contribution in [0.5, 0.6) is 0 Å². The van der Waals surface area contributed by atoms with Crippen LogP contribution >= 0.6 is 23.2 Å². The molecule has 2 heterocycles. The van der Waals surface area contributed by atoms with E-state index in [1.807, 2.05) is 30.3 Å². The zero-order valence-electron chi connectivity index (χ0n) is 12.8. The standard InChI is InChI=1S/C17H12Cl2N4O2/c18-14-13-12(9-21-15(13)23-16(19)22-14)7-4-8-20-17(24)25-10-11-5-2-1-3-6-11/h1-3,5-6,9H,8,10H2,(H,20,24)(H,21,22,23). The van der Waals surface area contributed by atoms with Gasteiger partial charge in [-0.3, -0.25) is 0 Å². The molecular formula is C17H12Cl2N4O2. The summed E-state index contributed by atoms with van der Waals surface area (Å²) < 4.78 is 5.09. The molecule has 0 radical (unpaired) electrons. The van der Waals surface area contributed by atoms with Crippen LogP contribution in [0.25, 0.3) is 11.0 Å². The molecule has 0 bridgehead atoms. The van der Waals surface area contributed by atoms with E-state index in [1.54, 1.807) is 6.20 Å². The number of ether oxygens (including phenoxy) is 1. The SMILES string of the molecule is O=C(NCC#Cc1c[nH]c2nc(Cl)nc(Cl)c12)OCc1ccccc1. The smallest absolute Gasteiger partial charge is 0.408 e. The summed E-state index contributed by atoms with van der Waals surface area (Å²) in [5.74, 6) is 5.72. The lowest BCUT2D eigenvalue weighted by molar-refractivity contribution is 0.141. The summed E-state index contributed by atoms with van der Waals surface area (Å²) in [6.45, 7) is 0.336. The molecule has 0 saturated heterocycles. The lowest BCUT2D eigenvalue weighted by Gasteiger charge is -2.04. The molecule has 0 fully saturated rings. The molecular weight excluding hydrogens is 363 g/mol. The van der Waals surface area contributed by atoms with Crippen LogP contribution in [0, 0.1) is 11.8 Å². The van der Waals surface area contributed by atoms with Crippen LogP contribution in [-0.4, -0.2) is 27.6 Å². The van der Waals surface area contributed by atoms with Crippen molar-refractivity contribution < 1.29 is 9.53 Å². The summed E-state index contributed by atoms with van der Waals surface area (Å²) in [6.07, 6.45) is 1.12. The van der Waals surface area contributed by atoms with E-state index in [2.05, 4.69) is 32.1 Å². The van der Waals surface area contributed by atoms with Crippen molar-refractivity contribution in [1.82, 2.24) is 20.3 Å². The van der Waals surface area contributed by atoms with Crippen LogP contribution < -0.4 is 5.32 Å². The summed E-state index contributed by atoms with van der Waals surface area (Å²) in [5, 5.41) is 3.42. The molecule has 6 nitrogen and oxygen atoms in total. The monoisotopic (exact) mass is 374 g/mol. The van der Waals surface area contributed by atoms with Gasteiger partial charge in [0.15, 0.2) is 0 Å². The second kappa shape index (κ2) is 7.88. The lowest BCUT2D eigenvalue weighted by Crippen LogP contribution is -2.24. The van der Waals surface area contributed by atoms with E-state index in [9.17, 15) is 4.79 Å². The van der Waals surface area contributed by atoms with Crippen LogP contribution in [0.15, 0.2) is 36.5 Å². The second-order valence-corrected chi connectivity index (χ2v) is 5.62. The first-order valence-corrected chi connectivity index (χ1v) is 8.02. The fourth-order valence-corrected chi connectivity index (χ4v) is 2.58. The number of hydrogen-bond donors (Lipinski definition) is 2. The van der Waals surface area contributed by atoms with Crippen molar-refractivity contribution >= 4 is 40.3 Å². The first kappa shape index (κ1) is 17.1. The molecule has 0 aliphatic heterocycles. The van der Waals surface area contributed by atoms with Crippen LogP contribution in [0.3, 0.4) is 0 Å². The highest BCUT2D eigenvalue weighted by Gasteiger charge is 2.10. The normalized spacial score (nSPS) is 10.2. The molecule has 3 rings (SSSR count). The highest BCUT2D eigenvalue weighted by atomic mass is 35.5. The molecule has 3 aromatic rings. The van der Waals surface area contributed by atoms with Crippen LogP contribution in [0.2, 0.25) is 10.4 Å². The van der Waals surface area contributed by atoms with Gasteiger partial charge in [-0.25, -0.2) is 9.78 Å². The second-order valence-electron chi connectivity index (χ2n) is 4.93. The molecule has 8 heteroatoms. The van der Waals surface area contributed by atoms with Crippen molar-refractivity contribution in [3.63, 3.8) is 0 Å². The summed E-state index contributed by atoms with van der Waals surface area (Å²) in [4.78, 5) is 22.5. The van der Waals surface area contributed by atoms with E-state index in [4.69, 9.17) is 27.9 Å². The first-order valence-electron chi connectivity index (χ1n) is 7.27. The minimum atomic E-state index is -0.537. The van der Waals surface area contributed by atoms with Crippen molar-refractivity contribution in [3.8, 4) is 11.8 Å². The van der Waals surface area contributed by atoms with E-state index >= 15 is 0 Å². The number of carbonyl (C=O) groups is 1. The highest BCUT2D eigenvalue weighted by molar-refractivity contribution is 6.36. The number of fused-ring (bicyclic) bond motifs is 1. The number of amides is 1. The Labute approximate surface area is 153 Å². The Morgan fingerprint density at radius 3 is 2.84 bits per heavy atom. The fraction of sp³-hybridized carbons (Fsp3) is 0.118. The predicted molar refractivity (Wildman–Crippen MR) is 95.4 cm³/mol. The molecule has 0 unspecified atom stereocenters. The lowest BCUT2D eigenvalue weighted by atomic mass is 10.2. The number of nitrogens with zero attached hydrogens (tertiary/aromatic N) is 2. The number of carbonyl (C=O) groups excluding carboxylic acids is 1. The van der Waals surface area contributed by atoms with E-state index in [0.29, 0.717) is 16.6 Å². The Kier molecular flexibility index (Phi) is 5.39. The Hall–Kier alpha value is -2.75. The van der Waals surface area contributed by atoms with Gasteiger partial charge in [-0.05, 0) is 17.2 Å². The maximum absolute atomic E-state index is 11.6. The molecule has 0 atom stereocenters. The zero-order valence-corrected chi connectivity index (χ0v) is 14.4. The molecule has 126 valence electrons. The van der Waals surface area contributed by atoms with Gasteiger partial charge in [0.2, 0.25) is 5.28 Å².